The SMILES string of the molecule is CC(=N)c1ccc(OCCCC(=O)NCC(NS(C)(=O)=O)C(=O)O)cc1. The number of hydrogen-bond donors (Lipinski definition) is 4. The zero-order chi connectivity index (χ0) is 19.7. The molecule has 0 aliphatic carbocycles. The molecule has 144 valence electrons. The van der Waals surface area contributed by atoms with Gasteiger partial charge in [-0.2, -0.15) is 4.72 Å². The van der Waals surface area contributed by atoms with Gasteiger partial charge >= 0.3 is 5.97 Å². The first kappa shape index (κ1) is 21.6. The van der Waals surface area contributed by atoms with E-state index < -0.39 is 27.9 Å². The van der Waals surface area contributed by atoms with Crippen molar-refractivity contribution >= 4 is 27.6 Å². The molecule has 0 radical (unpaired) electrons. The molecule has 0 aliphatic rings. The predicted molar refractivity (Wildman–Crippen MR) is 96.1 cm³/mol. The van der Waals surface area contributed by atoms with Crippen molar-refractivity contribution in [3.05, 3.63) is 29.8 Å². The number of hydrogen-bond acceptors (Lipinski definition) is 6. The van der Waals surface area contributed by atoms with Crippen LogP contribution in [0.3, 0.4) is 0 Å². The standard InChI is InChI=1S/C16H23N3O6S/c1-11(17)12-5-7-13(8-6-12)25-9-3-4-15(20)18-10-14(16(21)22)19-26(2,23)24/h5-8,14,17,19H,3-4,9-10H2,1-2H3,(H,18,20)(H,21,22). The molecule has 1 atom stereocenters. The molecule has 0 saturated heterocycles. The van der Waals surface area contributed by atoms with Crippen LogP contribution in [0.15, 0.2) is 24.3 Å². The first-order valence-corrected chi connectivity index (χ1v) is 9.73. The Bertz CT molecular complexity index is 746. The largest absolute Gasteiger partial charge is 0.494 e. The first-order valence-electron chi connectivity index (χ1n) is 7.83. The van der Waals surface area contributed by atoms with Gasteiger partial charge in [-0.3, -0.25) is 9.59 Å². The van der Waals surface area contributed by atoms with Crippen LogP contribution >= 0.6 is 0 Å². The summed E-state index contributed by atoms with van der Waals surface area (Å²) in [6, 6.07) is 5.60. The third kappa shape index (κ3) is 8.58. The summed E-state index contributed by atoms with van der Waals surface area (Å²) in [5, 5.41) is 18.8. The van der Waals surface area contributed by atoms with Crippen LogP contribution in [0.25, 0.3) is 0 Å². The molecule has 1 aromatic rings. The Kier molecular flexibility index (Phi) is 8.20. The summed E-state index contributed by atoms with van der Waals surface area (Å²) in [6.07, 6.45) is 1.37. The third-order valence-electron chi connectivity index (χ3n) is 3.26. The van der Waals surface area contributed by atoms with E-state index in [1.165, 1.54) is 0 Å². The smallest absolute Gasteiger partial charge is 0.323 e. The zero-order valence-corrected chi connectivity index (χ0v) is 15.4. The quantitative estimate of drug-likeness (QED) is 0.319. The molecular weight excluding hydrogens is 362 g/mol. The molecule has 1 rings (SSSR count). The van der Waals surface area contributed by atoms with Gasteiger partial charge in [-0.15, -0.1) is 0 Å². The normalized spacial score (nSPS) is 12.2. The molecule has 1 aromatic carbocycles. The second-order valence-corrected chi connectivity index (χ2v) is 7.47. The lowest BCUT2D eigenvalue weighted by molar-refractivity contribution is -0.138. The second-order valence-electron chi connectivity index (χ2n) is 5.69. The lowest BCUT2D eigenvalue weighted by Gasteiger charge is -2.14. The van der Waals surface area contributed by atoms with E-state index >= 15 is 0 Å². The highest BCUT2D eigenvalue weighted by atomic mass is 32.2. The Morgan fingerprint density at radius 3 is 2.38 bits per heavy atom. The number of carboxylic acid groups (broad SMARTS) is 1. The van der Waals surface area contributed by atoms with Crippen LogP contribution in [0.5, 0.6) is 5.75 Å². The summed E-state index contributed by atoms with van der Waals surface area (Å²) >= 11 is 0. The van der Waals surface area contributed by atoms with Crippen LogP contribution in [0.2, 0.25) is 0 Å². The lowest BCUT2D eigenvalue weighted by Crippen LogP contribution is -2.48. The molecular formula is C16H23N3O6S. The number of rotatable bonds is 11. The minimum atomic E-state index is -3.69. The van der Waals surface area contributed by atoms with Crippen molar-refractivity contribution in [2.75, 3.05) is 19.4 Å². The summed E-state index contributed by atoms with van der Waals surface area (Å²) in [6.45, 7) is 1.64. The van der Waals surface area contributed by atoms with Gasteiger partial charge in [0, 0.05) is 18.7 Å². The van der Waals surface area contributed by atoms with Crippen LogP contribution in [-0.4, -0.2) is 56.6 Å². The van der Waals surface area contributed by atoms with Gasteiger partial charge in [0.1, 0.15) is 11.8 Å². The van der Waals surface area contributed by atoms with Crippen molar-refractivity contribution < 1.29 is 27.9 Å². The molecule has 9 nitrogen and oxygen atoms in total. The number of carbonyl (C=O) groups is 2. The Morgan fingerprint density at radius 2 is 1.88 bits per heavy atom. The number of carbonyl (C=O) groups excluding carboxylic acids is 1. The molecule has 26 heavy (non-hydrogen) atoms. The molecule has 0 fully saturated rings. The molecule has 4 N–H and O–H groups in total. The molecule has 10 heteroatoms. The summed E-state index contributed by atoms with van der Waals surface area (Å²) in [5.74, 6) is -1.15. The van der Waals surface area contributed by atoms with Gasteiger partial charge in [-0.25, -0.2) is 8.42 Å². The minimum absolute atomic E-state index is 0.114. The monoisotopic (exact) mass is 385 g/mol. The maximum Gasteiger partial charge on any atom is 0.323 e. The van der Waals surface area contributed by atoms with Crippen LogP contribution in [0, 0.1) is 5.41 Å². The van der Waals surface area contributed by atoms with Crippen molar-refractivity contribution in [2.45, 2.75) is 25.8 Å². The molecule has 1 amide bonds. The van der Waals surface area contributed by atoms with E-state index in [4.69, 9.17) is 15.3 Å². The zero-order valence-electron chi connectivity index (χ0n) is 14.6. The van der Waals surface area contributed by atoms with Gasteiger partial charge in [0.2, 0.25) is 15.9 Å². The number of sulfonamides is 1. The predicted octanol–water partition coefficient (Wildman–Crippen LogP) is 0.352. The Hall–Kier alpha value is -2.46. The van der Waals surface area contributed by atoms with Gasteiger partial charge in [0.05, 0.1) is 12.9 Å². The number of nitrogens with one attached hydrogen (secondary N) is 3. The lowest BCUT2D eigenvalue weighted by atomic mass is 10.1. The van der Waals surface area contributed by atoms with Crippen molar-refractivity contribution in [2.24, 2.45) is 0 Å². The number of amides is 1. The molecule has 0 heterocycles. The summed E-state index contributed by atoms with van der Waals surface area (Å²) in [7, 11) is -3.69. The fraction of sp³-hybridized carbons (Fsp3) is 0.438. The van der Waals surface area contributed by atoms with E-state index in [0.717, 1.165) is 11.8 Å². The van der Waals surface area contributed by atoms with Gasteiger partial charge in [0.25, 0.3) is 0 Å². The third-order valence-corrected chi connectivity index (χ3v) is 3.97. The summed E-state index contributed by atoms with van der Waals surface area (Å²) < 4.78 is 29.6. The average molecular weight is 385 g/mol. The van der Waals surface area contributed by atoms with Crippen molar-refractivity contribution in [3.8, 4) is 5.75 Å². The van der Waals surface area contributed by atoms with E-state index in [1.807, 2.05) is 4.72 Å². The van der Waals surface area contributed by atoms with E-state index in [9.17, 15) is 18.0 Å². The maximum absolute atomic E-state index is 11.7. The van der Waals surface area contributed by atoms with Crippen molar-refractivity contribution in [1.82, 2.24) is 10.0 Å². The van der Waals surface area contributed by atoms with E-state index in [-0.39, 0.29) is 13.0 Å². The Balaban J connectivity index is 2.31. The highest BCUT2D eigenvalue weighted by molar-refractivity contribution is 7.88. The van der Waals surface area contributed by atoms with Gasteiger partial charge < -0.3 is 20.6 Å². The molecule has 1 unspecified atom stereocenters. The fourth-order valence-electron chi connectivity index (χ4n) is 1.97. The number of benzene rings is 1. The highest BCUT2D eigenvalue weighted by Gasteiger charge is 2.21. The molecule has 0 spiro atoms. The van der Waals surface area contributed by atoms with Crippen molar-refractivity contribution in [1.29, 1.82) is 5.41 Å². The van der Waals surface area contributed by atoms with Crippen LogP contribution in [-0.2, 0) is 19.6 Å². The fourth-order valence-corrected chi connectivity index (χ4v) is 2.67. The van der Waals surface area contributed by atoms with E-state index in [1.54, 1.807) is 31.2 Å². The number of carboxylic acids is 1. The Morgan fingerprint density at radius 1 is 1.27 bits per heavy atom. The first-order chi connectivity index (χ1) is 12.1. The summed E-state index contributed by atoms with van der Waals surface area (Å²) in [4.78, 5) is 22.7. The number of ether oxygens (including phenoxy) is 1. The highest BCUT2D eigenvalue weighted by Crippen LogP contribution is 2.13. The topological polar surface area (TPSA) is 146 Å². The molecule has 0 bridgehead atoms. The molecule has 0 saturated carbocycles. The van der Waals surface area contributed by atoms with Gasteiger partial charge in [-0.1, -0.05) is 0 Å². The van der Waals surface area contributed by atoms with Crippen LogP contribution < -0.4 is 14.8 Å². The van der Waals surface area contributed by atoms with Crippen molar-refractivity contribution in [3.63, 3.8) is 0 Å². The number of aliphatic carboxylic acids is 1. The second kappa shape index (κ2) is 9.88. The van der Waals surface area contributed by atoms with Gasteiger partial charge in [-0.05, 0) is 43.2 Å². The average Bonchev–Trinajstić information content (AvgIpc) is 2.54. The van der Waals surface area contributed by atoms with Crippen LogP contribution in [0.4, 0.5) is 0 Å². The molecule has 0 aromatic heterocycles. The van der Waals surface area contributed by atoms with E-state index in [0.29, 0.717) is 24.5 Å². The van der Waals surface area contributed by atoms with Crippen LogP contribution in [0.1, 0.15) is 25.3 Å². The van der Waals surface area contributed by atoms with Gasteiger partial charge in [0.15, 0.2) is 0 Å². The Labute approximate surface area is 152 Å². The minimum Gasteiger partial charge on any atom is -0.494 e. The summed E-state index contributed by atoms with van der Waals surface area (Å²) in [5.41, 5.74) is 1.26. The molecule has 0 aliphatic heterocycles. The van der Waals surface area contributed by atoms with E-state index in [2.05, 4.69) is 5.32 Å². The maximum atomic E-state index is 11.7.